The molecule has 0 saturated carbocycles. The van der Waals surface area contributed by atoms with Crippen LogP contribution in [-0.2, 0) is 4.79 Å². The summed E-state index contributed by atoms with van der Waals surface area (Å²) < 4.78 is 0. The van der Waals surface area contributed by atoms with Gasteiger partial charge in [-0.15, -0.1) is 0 Å². The number of primary amides is 1. The van der Waals surface area contributed by atoms with Gasteiger partial charge in [0.25, 0.3) is 0 Å². The summed E-state index contributed by atoms with van der Waals surface area (Å²) in [4.78, 5) is 12.8. The monoisotopic (exact) mass is 185 g/mol. The number of hydrogen-bond donors (Lipinski definition) is 2. The Hall–Kier alpha value is -0.610. The largest absolute Gasteiger partial charge is 0.369 e. The Labute approximate surface area is 79.5 Å². The number of hydrogen-bond acceptors (Lipinski definition) is 3. The minimum Gasteiger partial charge on any atom is -0.369 e. The summed E-state index contributed by atoms with van der Waals surface area (Å²) in [5.74, 6) is 0.394. The lowest BCUT2D eigenvalue weighted by molar-refractivity contribution is -0.119. The highest BCUT2D eigenvalue weighted by molar-refractivity contribution is 5.75. The molecule has 3 N–H and O–H groups in total. The molecule has 1 fully saturated rings. The Morgan fingerprint density at radius 3 is 2.92 bits per heavy atom. The van der Waals surface area contributed by atoms with E-state index in [4.69, 9.17) is 5.73 Å². The van der Waals surface area contributed by atoms with Gasteiger partial charge in [0.05, 0.1) is 6.54 Å². The van der Waals surface area contributed by atoms with Crippen LogP contribution in [0.5, 0.6) is 0 Å². The van der Waals surface area contributed by atoms with Crippen molar-refractivity contribution in [3.63, 3.8) is 0 Å². The van der Waals surface area contributed by atoms with E-state index >= 15 is 0 Å². The molecule has 1 amide bonds. The predicted molar refractivity (Wildman–Crippen MR) is 52.3 cm³/mol. The number of likely N-dealkylation sites (N-methyl/N-ethyl adjacent to an activating group) is 1. The minimum atomic E-state index is -0.250. The zero-order valence-electron chi connectivity index (χ0n) is 8.42. The zero-order valence-corrected chi connectivity index (χ0v) is 8.42. The molecule has 0 aromatic rings. The van der Waals surface area contributed by atoms with E-state index in [9.17, 15) is 4.79 Å². The Morgan fingerprint density at radius 1 is 1.69 bits per heavy atom. The van der Waals surface area contributed by atoms with Crippen molar-refractivity contribution in [2.24, 2.45) is 11.7 Å². The van der Waals surface area contributed by atoms with Gasteiger partial charge in [-0.05, 0) is 25.9 Å². The summed E-state index contributed by atoms with van der Waals surface area (Å²) >= 11 is 0. The van der Waals surface area contributed by atoms with Crippen LogP contribution in [-0.4, -0.2) is 43.5 Å². The smallest absolute Gasteiger partial charge is 0.231 e. The Morgan fingerprint density at radius 2 is 2.38 bits per heavy atom. The number of amides is 1. The minimum absolute atomic E-state index is 0.250. The molecule has 1 aliphatic rings. The number of rotatable bonds is 3. The fourth-order valence-electron chi connectivity index (χ4n) is 1.93. The predicted octanol–water partition coefficient (Wildman–Crippen LogP) is -0.598. The van der Waals surface area contributed by atoms with Crippen molar-refractivity contribution in [2.45, 2.75) is 19.4 Å². The maximum atomic E-state index is 10.7. The fourth-order valence-corrected chi connectivity index (χ4v) is 1.93. The first-order valence-electron chi connectivity index (χ1n) is 4.80. The molecule has 1 heterocycles. The molecule has 0 spiro atoms. The summed E-state index contributed by atoms with van der Waals surface area (Å²) in [6.07, 6.45) is 1.17. The Bertz CT molecular complexity index is 184. The SMILES string of the molecule is CC1CCNCC1N(C)CC(N)=O. The van der Waals surface area contributed by atoms with Gasteiger partial charge in [-0.2, -0.15) is 0 Å². The average molecular weight is 185 g/mol. The lowest BCUT2D eigenvalue weighted by atomic mass is 9.94. The van der Waals surface area contributed by atoms with Gasteiger partial charge < -0.3 is 11.1 Å². The van der Waals surface area contributed by atoms with E-state index in [1.807, 2.05) is 11.9 Å². The van der Waals surface area contributed by atoms with Crippen molar-refractivity contribution < 1.29 is 4.79 Å². The van der Waals surface area contributed by atoms with Gasteiger partial charge in [0, 0.05) is 12.6 Å². The van der Waals surface area contributed by atoms with Gasteiger partial charge in [-0.1, -0.05) is 6.92 Å². The first kappa shape index (κ1) is 10.5. The third-order valence-electron chi connectivity index (χ3n) is 2.76. The van der Waals surface area contributed by atoms with Gasteiger partial charge in [-0.3, -0.25) is 9.69 Å². The molecule has 0 aromatic heterocycles. The van der Waals surface area contributed by atoms with Crippen molar-refractivity contribution in [3.05, 3.63) is 0 Å². The van der Waals surface area contributed by atoms with Crippen LogP contribution >= 0.6 is 0 Å². The third kappa shape index (κ3) is 2.97. The molecule has 0 aliphatic carbocycles. The van der Waals surface area contributed by atoms with Crippen LogP contribution in [0.2, 0.25) is 0 Å². The molecule has 76 valence electrons. The molecule has 0 aromatic carbocycles. The van der Waals surface area contributed by atoms with E-state index in [-0.39, 0.29) is 5.91 Å². The van der Waals surface area contributed by atoms with Gasteiger partial charge in [0.2, 0.25) is 5.91 Å². The normalized spacial score (nSPS) is 29.2. The second kappa shape index (κ2) is 4.58. The van der Waals surface area contributed by atoms with Crippen LogP contribution in [0.3, 0.4) is 0 Å². The van der Waals surface area contributed by atoms with Crippen LogP contribution < -0.4 is 11.1 Å². The number of piperidine rings is 1. The zero-order chi connectivity index (χ0) is 9.84. The fraction of sp³-hybridized carbons (Fsp3) is 0.889. The second-order valence-electron chi connectivity index (χ2n) is 3.92. The molecule has 13 heavy (non-hydrogen) atoms. The van der Waals surface area contributed by atoms with Crippen LogP contribution in [0.25, 0.3) is 0 Å². The van der Waals surface area contributed by atoms with Gasteiger partial charge >= 0.3 is 0 Å². The number of nitrogens with one attached hydrogen (secondary N) is 1. The standard InChI is InChI=1S/C9H19N3O/c1-7-3-4-11-5-8(7)12(2)6-9(10)13/h7-8,11H,3-6H2,1-2H3,(H2,10,13). The van der Waals surface area contributed by atoms with E-state index in [1.165, 1.54) is 6.42 Å². The van der Waals surface area contributed by atoms with E-state index in [1.54, 1.807) is 0 Å². The summed E-state index contributed by atoms with van der Waals surface area (Å²) in [5.41, 5.74) is 5.14. The molecule has 2 atom stereocenters. The third-order valence-corrected chi connectivity index (χ3v) is 2.76. The maximum absolute atomic E-state index is 10.7. The molecule has 4 nitrogen and oxygen atoms in total. The van der Waals surface area contributed by atoms with Crippen molar-refractivity contribution in [1.82, 2.24) is 10.2 Å². The van der Waals surface area contributed by atoms with Crippen molar-refractivity contribution in [1.29, 1.82) is 0 Å². The second-order valence-corrected chi connectivity index (χ2v) is 3.92. The Balaban J connectivity index is 2.43. The van der Waals surface area contributed by atoms with Crippen LogP contribution in [0.1, 0.15) is 13.3 Å². The van der Waals surface area contributed by atoms with Crippen LogP contribution in [0.15, 0.2) is 0 Å². The van der Waals surface area contributed by atoms with E-state index in [0.717, 1.165) is 13.1 Å². The maximum Gasteiger partial charge on any atom is 0.231 e. The molecule has 1 saturated heterocycles. The Kier molecular flexibility index (Phi) is 3.69. The summed E-state index contributed by atoms with van der Waals surface area (Å²) in [7, 11) is 1.96. The van der Waals surface area contributed by atoms with Gasteiger partial charge in [0.15, 0.2) is 0 Å². The lowest BCUT2D eigenvalue weighted by Gasteiger charge is -2.35. The lowest BCUT2D eigenvalue weighted by Crippen LogP contribution is -2.50. The van der Waals surface area contributed by atoms with Crippen LogP contribution in [0, 0.1) is 5.92 Å². The molecule has 2 unspecified atom stereocenters. The topological polar surface area (TPSA) is 58.4 Å². The van der Waals surface area contributed by atoms with E-state index < -0.39 is 0 Å². The molecular formula is C9H19N3O. The first-order valence-corrected chi connectivity index (χ1v) is 4.80. The molecular weight excluding hydrogens is 166 g/mol. The highest BCUT2D eigenvalue weighted by atomic mass is 16.1. The van der Waals surface area contributed by atoms with Crippen molar-refractivity contribution in [2.75, 3.05) is 26.7 Å². The van der Waals surface area contributed by atoms with Crippen LogP contribution in [0.4, 0.5) is 0 Å². The van der Waals surface area contributed by atoms with Crippen molar-refractivity contribution >= 4 is 5.91 Å². The highest BCUT2D eigenvalue weighted by Crippen LogP contribution is 2.15. The average Bonchev–Trinajstić information content (AvgIpc) is 2.03. The molecule has 0 bridgehead atoms. The highest BCUT2D eigenvalue weighted by Gasteiger charge is 2.25. The van der Waals surface area contributed by atoms with E-state index in [0.29, 0.717) is 18.5 Å². The molecule has 1 rings (SSSR count). The van der Waals surface area contributed by atoms with Crippen molar-refractivity contribution in [3.8, 4) is 0 Å². The number of nitrogens with zero attached hydrogens (tertiary/aromatic N) is 1. The molecule has 1 aliphatic heterocycles. The summed E-state index contributed by atoms with van der Waals surface area (Å²) in [6.45, 7) is 4.63. The number of carbonyl (C=O) groups is 1. The number of carbonyl (C=O) groups excluding carboxylic acids is 1. The van der Waals surface area contributed by atoms with E-state index in [2.05, 4.69) is 12.2 Å². The molecule has 4 heteroatoms. The summed E-state index contributed by atoms with van der Waals surface area (Å²) in [6, 6.07) is 0.446. The van der Waals surface area contributed by atoms with Gasteiger partial charge in [-0.25, -0.2) is 0 Å². The first-order chi connectivity index (χ1) is 6.11. The molecule has 0 radical (unpaired) electrons. The number of nitrogens with two attached hydrogens (primary N) is 1. The van der Waals surface area contributed by atoms with Gasteiger partial charge in [0.1, 0.15) is 0 Å². The summed E-state index contributed by atoms with van der Waals surface area (Å²) in [5, 5.41) is 3.33. The quantitative estimate of drug-likeness (QED) is 0.617.